The van der Waals surface area contributed by atoms with Crippen molar-refractivity contribution >= 4 is 17.6 Å². The number of ether oxygens (including phenoxy) is 1. The largest absolute Gasteiger partial charge is 0.542 e. The molecule has 0 fully saturated rings. The third-order valence-electron chi connectivity index (χ3n) is 3.88. The molecule has 4 nitrogen and oxygen atoms in total. The molecule has 0 saturated heterocycles. The van der Waals surface area contributed by atoms with Gasteiger partial charge in [-0.2, -0.15) is 0 Å². The van der Waals surface area contributed by atoms with E-state index >= 15 is 0 Å². The summed E-state index contributed by atoms with van der Waals surface area (Å²) >= 11 is 6.07. The maximum Gasteiger partial charge on any atom is 0.149 e. The molecule has 1 aromatic carbocycles. The summed E-state index contributed by atoms with van der Waals surface area (Å²) in [6.07, 6.45) is 2.53. The lowest BCUT2D eigenvalue weighted by Crippen LogP contribution is -2.21. The lowest BCUT2D eigenvalue weighted by molar-refractivity contribution is -0.257. The Balaban J connectivity index is 2.15. The van der Waals surface area contributed by atoms with Crippen molar-refractivity contribution in [2.24, 2.45) is 5.92 Å². The van der Waals surface area contributed by atoms with E-state index in [1.807, 2.05) is 12.1 Å². The van der Waals surface area contributed by atoms with E-state index in [2.05, 4.69) is 13.8 Å². The first-order valence-corrected chi connectivity index (χ1v) is 8.12. The first-order valence-electron chi connectivity index (χ1n) is 7.74. The van der Waals surface area contributed by atoms with E-state index in [1.165, 1.54) is 6.07 Å². The summed E-state index contributed by atoms with van der Waals surface area (Å²) in [6.45, 7) is 4.93. The maximum absolute atomic E-state index is 10.8. The lowest BCUT2D eigenvalue weighted by atomic mass is 10.1. The van der Waals surface area contributed by atoms with Crippen LogP contribution in [0, 0.1) is 5.92 Å². The number of carboxylic acids is 1. The highest BCUT2D eigenvalue weighted by atomic mass is 35.5. The molecular weight excluding hydrogens is 316 g/mol. The summed E-state index contributed by atoms with van der Waals surface area (Å²) in [4.78, 5) is 10.8. The van der Waals surface area contributed by atoms with E-state index in [1.54, 1.807) is 12.1 Å². The highest BCUT2D eigenvalue weighted by Gasteiger charge is 2.11. The molecule has 2 rings (SSSR count). The standard InChI is InChI=1S/C18H21ClO4/c1-3-12(4-2)11-22-16-7-5-14(19)9-13(16)10-15-6-8-17(23-15)18(20)21/h5-9,12H,3-4,10-11H2,1-2H3,(H,20,21)/p-1. The van der Waals surface area contributed by atoms with Gasteiger partial charge < -0.3 is 19.1 Å². The van der Waals surface area contributed by atoms with Crippen LogP contribution in [0.15, 0.2) is 34.7 Å². The Morgan fingerprint density at radius 2 is 2.00 bits per heavy atom. The second kappa shape index (κ2) is 8.06. The number of halogens is 1. The molecule has 5 heteroatoms. The third kappa shape index (κ3) is 4.76. The van der Waals surface area contributed by atoms with Crippen molar-refractivity contribution in [3.05, 3.63) is 52.4 Å². The molecule has 0 atom stereocenters. The number of furan rings is 1. The summed E-state index contributed by atoms with van der Waals surface area (Å²) < 4.78 is 11.2. The van der Waals surface area contributed by atoms with E-state index in [0.717, 1.165) is 24.2 Å². The van der Waals surface area contributed by atoms with Crippen molar-refractivity contribution < 1.29 is 19.1 Å². The lowest BCUT2D eigenvalue weighted by Gasteiger charge is -2.16. The summed E-state index contributed by atoms with van der Waals surface area (Å²) in [6, 6.07) is 8.44. The molecule has 2 aromatic rings. The van der Waals surface area contributed by atoms with Gasteiger partial charge in [-0.3, -0.25) is 0 Å². The molecule has 0 aliphatic rings. The monoisotopic (exact) mass is 335 g/mol. The Hall–Kier alpha value is -1.94. The van der Waals surface area contributed by atoms with Gasteiger partial charge in [-0.05, 0) is 36.2 Å². The van der Waals surface area contributed by atoms with Gasteiger partial charge in [0.2, 0.25) is 0 Å². The summed E-state index contributed by atoms with van der Waals surface area (Å²) in [5.74, 6) is 0.271. The minimum atomic E-state index is -1.33. The average molecular weight is 336 g/mol. The zero-order valence-electron chi connectivity index (χ0n) is 13.3. The molecule has 23 heavy (non-hydrogen) atoms. The number of hydrogen-bond acceptors (Lipinski definition) is 4. The topological polar surface area (TPSA) is 62.5 Å². The van der Waals surface area contributed by atoms with Crippen LogP contribution in [0.2, 0.25) is 5.02 Å². The first-order chi connectivity index (χ1) is 11.0. The van der Waals surface area contributed by atoms with Crippen LogP contribution in [-0.4, -0.2) is 12.6 Å². The zero-order chi connectivity index (χ0) is 16.8. The molecule has 0 saturated carbocycles. The fourth-order valence-electron chi connectivity index (χ4n) is 2.33. The Morgan fingerprint density at radius 1 is 1.26 bits per heavy atom. The van der Waals surface area contributed by atoms with Gasteiger partial charge in [0.15, 0.2) is 0 Å². The second-order valence-electron chi connectivity index (χ2n) is 5.48. The van der Waals surface area contributed by atoms with Gasteiger partial charge in [-0.25, -0.2) is 0 Å². The van der Waals surface area contributed by atoms with Crippen LogP contribution in [0.25, 0.3) is 0 Å². The van der Waals surface area contributed by atoms with E-state index in [-0.39, 0.29) is 5.76 Å². The fourth-order valence-corrected chi connectivity index (χ4v) is 2.52. The van der Waals surface area contributed by atoms with Crippen molar-refractivity contribution in [1.82, 2.24) is 0 Å². The summed E-state index contributed by atoms with van der Waals surface area (Å²) in [5, 5.41) is 11.4. The molecule has 0 aliphatic heterocycles. The van der Waals surface area contributed by atoms with Crippen molar-refractivity contribution in [1.29, 1.82) is 0 Å². The smallest absolute Gasteiger partial charge is 0.149 e. The van der Waals surface area contributed by atoms with Gasteiger partial charge in [0, 0.05) is 17.0 Å². The van der Waals surface area contributed by atoms with E-state index in [4.69, 9.17) is 20.8 Å². The number of benzene rings is 1. The van der Waals surface area contributed by atoms with Gasteiger partial charge in [0.25, 0.3) is 0 Å². The molecule has 124 valence electrons. The summed E-state index contributed by atoms with van der Waals surface area (Å²) in [7, 11) is 0. The van der Waals surface area contributed by atoms with Crippen LogP contribution in [0.5, 0.6) is 5.75 Å². The third-order valence-corrected chi connectivity index (χ3v) is 4.11. The van der Waals surface area contributed by atoms with Crippen LogP contribution in [0.3, 0.4) is 0 Å². The Labute approximate surface area is 141 Å². The van der Waals surface area contributed by atoms with Gasteiger partial charge in [0.05, 0.1) is 6.61 Å². The Kier molecular flexibility index (Phi) is 6.11. The zero-order valence-corrected chi connectivity index (χ0v) is 14.1. The van der Waals surface area contributed by atoms with Gasteiger partial charge in [-0.1, -0.05) is 38.3 Å². The number of hydrogen-bond donors (Lipinski definition) is 0. The van der Waals surface area contributed by atoms with E-state index < -0.39 is 5.97 Å². The maximum atomic E-state index is 10.8. The van der Waals surface area contributed by atoms with E-state index in [0.29, 0.717) is 29.7 Å². The molecule has 0 aliphatic carbocycles. The van der Waals surface area contributed by atoms with Gasteiger partial charge in [0.1, 0.15) is 23.2 Å². The number of carbonyl (C=O) groups excluding carboxylic acids is 1. The fraction of sp³-hybridized carbons (Fsp3) is 0.389. The van der Waals surface area contributed by atoms with Crippen LogP contribution in [0.1, 0.15) is 48.6 Å². The number of carbonyl (C=O) groups is 1. The summed E-state index contributed by atoms with van der Waals surface area (Å²) in [5.41, 5.74) is 0.864. The van der Waals surface area contributed by atoms with Crippen molar-refractivity contribution in [3.8, 4) is 5.75 Å². The Bertz CT molecular complexity index is 659. The van der Waals surface area contributed by atoms with Crippen molar-refractivity contribution in [2.75, 3.05) is 6.61 Å². The highest BCUT2D eigenvalue weighted by molar-refractivity contribution is 6.30. The van der Waals surface area contributed by atoms with Gasteiger partial charge in [-0.15, -0.1) is 0 Å². The van der Waals surface area contributed by atoms with Gasteiger partial charge >= 0.3 is 0 Å². The first kappa shape index (κ1) is 17.4. The number of aromatic carboxylic acids is 1. The average Bonchev–Trinajstić information content (AvgIpc) is 2.99. The molecule has 0 unspecified atom stereocenters. The highest BCUT2D eigenvalue weighted by Crippen LogP contribution is 2.27. The minimum absolute atomic E-state index is 0.179. The molecule has 1 heterocycles. The predicted octanol–water partition coefficient (Wildman–Crippen LogP) is 3.70. The molecule has 0 bridgehead atoms. The quantitative estimate of drug-likeness (QED) is 0.738. The van der Waals surface area contributed by atoms with Crippen LogP contribution >= 0.6 is 11.6 Å². The van der Waals surface area contributed by atoms with Crippen LogP contribution in [0.4, 0.5) is 0 Å². The second-order valence-corrected chi connectivity index (χ2v) is 5.91. The predicted molar refractivity (Wildman–Crippen MR) is 86.9 cm³/mol. The SMILES string of the molecule is CCC(CC)COc1ccc(Cl)cc1Cc1ccc(C(=O)[O-])o1. The molecule has 1 aromatic heterocycles. The molecule has 0 amide bonds. The van der Waals surface area contributed by atoms with Crippen LogP contribution < -0.4 is 9.84 Å². The van der Waals surface area contributed by atoms with Crippen LogP contribution in [-0.2, 0) is 6.42 Å². The minimum Gasteiger partial charge on any atom is -0.542 e. The molecule has 0 spiro atoms. The molecule has 0 radical (unpaired) electrons. The number of rotatable bonds is 8. The normalized spacial score (nSPS) is 11.0. The Morgan fingerprint density at radius 3 is 2.61 bits per heavy atom. The van der Waals surface area contributed by atoms with Crippen molar-refractivity contribution in [2.45, 2.75) is 33.1 Å². The molecular formula is C18H20ClO4-. The molecule has 0 N–H and O–H groups in total. The van der Waals surface area contributed by atoms with Crippen molar-refractivity contribution in [3.63, 3.8) is 0 Å². The number of carboxylic acid groups (broad SMARTS) is 1. The van der Waals surface area contributed by atoms with E-state index in [9.17, 15) is 9.90 Å².